The molecule has 0 spiro atoms. The number of benzene rings is 1. The number of aliphatic hydroxyl groups excluding tert-OH is 1. The molecule has 0 bridgehead atoms. The molecule has 4 rings (SSSR count). The second-order valence-electron chi connectivity index (χ2n) is 8.04. The normalized spacial score (nSPS) is 26.0. The van der Waals surface area contributed by atoms with Gasteiger partial charge in [0.25, 0.3) is 5.91 Å². The van der Waals surface area contributed by atoms with Gasteiger partial charge < -0.3 is 15.7 Å². The number of ketones is 2. The minimum Gasteiger partial charge on any atom is -0.511 e. The number of amides is 1. The lowest BCUT2D eigenvalue weighted by Crippen LogP contribution is -2.39. The van der Waals surface area contributed by atoms with Gasteiger partial charge in [0, 0.05) is 37.1 Å². The van der Waals surface area contributed by atoms with Crippen LogP contribution in [0.15, 0.2) is 41.2 Å². The van der Waals surface area contributed by atoms with E-state index < -0.39 is 17.6 Å². The van der Waals surface area contributed by atoms with Gasteiger partial charge in [-0.1, -0.05) is 24.3 Å². The predicted octanol–water partition coefficient (Wildman–Crippen LogP) is 1.87. The number of hydroxylamine groups is 2. The standard InChI is InChI=1S/C22H24N2O5/c1-24(29-2)10-11-4-3-5-14-15(11)7-12-6-13-8-18(25)19(22(23)28)21(27)17(13)9-16(12)20(14)26/h3-5,9,12-13,17,27H,6-8,10H2,1-2H3,(H2,23,28). The van der Waals surface area contributed by atoms with E-state index in [1.54, 1.807) is 18.2 Å². The quantitative estimate of drug-likeness (QED) is 0.594. The number of allylic oxidation sites excluding steroid dienone is 2. The van der Waals surface area contributed by atoms with Crippen molar-refractivity contribution < 1.29 is 24.3 Å². The molecule has 1 aromatic carbocycles. The first-order valence-electron chi connectivity index (χ1n) is 9.70. The van der Waals surface area contributed by atoms with Crippen molar-refractivity contribution in [2.24, 2.45) is 23.5 Å². The number of nitrogens with two attached hydrogens (primary N) is 1. The molecule has 1 amide bonds. The lowest BCUT2D eigenvalue weighted by molar-refractivity contribution is -0.123. The monoisotopic (exact) mass is 396 g/mol. The maximum Gasteiger partial charge on any atom is 0.255 e. The van der Waals surface area contributed by atoms with Gasteiger partial charge in [0.1, 0.15) is 11.3 Å². The summed E-state index contributed by atoms with van der Waals surface area (Å²) in [7, 11) is 3.43. The van der Waals surface area contributed by atoms with Gasteiger partial charge in [0.15, 0.2) is 11.6 Å². The summed E-state index contributed by atoms with van der Waals surface area (Å²) in [6.07, 6.45) is 3.22. The van der Waals surface area contributed by atoms with Gasteiger partial charge in [0.2, 0.25) is 0 Å². The summed E-state index contributed by atoms with van der Waals surface area (Å²) in [5.74, 6) is -2.35. The predicted molar refractivity (Wildman–Crippen MR) is 105 cm³/mol. The molecule has 3 atom stereocenters. The van der Waals surface area contributed by atoms with Crippen LogP contribution in [0.5, 0.6) is 0 Å². The summed E-state index contributed by atoms with van der Waals surface area (Å²) in [6.45, 7) is 0.564. The van der Waals surface area contributed by atoms with E-state index in [0.29, 0.717) is 30.5 Å². The van der Waals surface area contributed by atoms with Crippen LogP contribution in [0.25, 0.3) is 0 Å². The first-order chi connectivity index (χ1) is 13.8. The Bertz CT molecular complexity index is 977. The summed E-state index contributed by atoms with van der Waals surface area (Å²) < 4.78 is 0. The Labute approximate surface area is 168 Å². The van der Waals surface area contributed by atoms with Crippen LogP contribution in [0.2, 0.25) is 0 Å². The van der Waals surface area contributed by atoms with Crippen molar-refractivity contribution in [1.82, 2.24) is 5.06 Å². The molecule has 3 N–H and O–H groups in total. The van der Waals surface area contributed by atoms with Crippen LogP contribution in [0.4, 0.5) is 0 Å². The fourth-order valence-corrected chi connectivity index (χ4v) is 4.93. The summed E-state index contributed by atoms with van der Waals surface area (Å²) in [5.41, 5.74) is 8.33. The van der Waals surface area contributed by atoms with E-state index in [2.05, 4.69) is 0 Å². The molecule has 7 heteroatoms. The average Bonchev–Trinajstić information content (AvgIpc) is 2.67. The van der Waals surface area contributed by atoms with Crippen LogP contribution < -0.4 is 5.73 Å². The molecule has 7 nitrogen and oxygen atoms in total. The number of carbonyl (C=O) groups is 3. The maximum atomic E-state index is 13.3. The average molecular weight is 396 g/mol. The first kappa shape index (κ1) is 19.5. The van der Waals surface area contributed by atoms with E-state index in [4.69, 9.17) is 10.6 Å². The largest absolute Gasteiger partial charge is 0.511 e. The van der Waals surface area contributed by atoms with E-state index >= 15 is 0 Å². The van der Waals surface area contributed by atoms with Crippen molar-refractivity contribution in [3.8, 4) is 0 Å². The van der Waals surface area contributed by atoms with Gasteiger partial charge in [0.05, 0.1) is 7.11 Å². The summed E-state index contributed by atoms with van der Waals surface area (Å²) in [6, 6.07) is 5.69. The number of aliphatic hydroxyl groups is 1. The van der Waals surface area contributed by atoms with E-state index in [0.717, 1.165) is 11.1 Å². The number of primary amides is 1. The molecule has 0 aliphatic heterocycles. The SMILES string of the molecule is CON(C)Cc1cccc2c1CC1CC3CC(=O)C(C(N)=O)=C(O)C3C=C1C2=O. The molecule has 1 aromatic rings. The molecular weight excluding hydrogens is 372 g/mol. The van der Waals surface area contributed by atoms with Crippen molar-refractivity contribution in [2.45, 2.75) is 25.8 Å². The van der Waals surface area contributed by atoms with Crippen LogP contribution in [0, 0.1) is 17.8 Å². The van der Waals surface area contributed by atoms with Crippen LogP contribution in [0.1, 0.15) is 34.3 Å². The van der Waals surface area contributed by atoms with Crippen LogP contribution in [0.3, 0.4) is 0 Å². The van der Waals surface area contributed by atoms with Gasteiger partial charge in [-0.3, -0.25) is 14.4 Å². The van der Waals surface area contributed by atoms with Crippen LogP contribution in [-0.4, -0.2) is 41.8 Å². The highest BCUT2D eigenvalue weighted by Crippen LogP contribution is 2.46. The Morgan fingerprint density at radius 1 is 1.31 bits per heavy atom. The highest BCUT2D eigenvalue weighted by atomic mass is 16.7. The van der Waals surface area contributed by atoms with E-state index in [1.807, 2.05) is 25.2 Å². The molecular formula is C22H24N2O5. The zero-order chi connectivity index (χ0) is 20.9. The lowest BCUT2D eigenvalue weighted by Gasteiger charge is -2.40. The van der Waals surface area contributed by atoms with Gasteiger partial charge in [-0.2, -0.15) is 5.06 Å². The van der Waals surface area contributed by atoms with Gasteiger partial charge >= 0.3 is 0 Å². The highest BCUT2D eigenvalue weighted by molar-refractivity contribution is 6.20. The second-order valence-corrected chi connectivity index (χ2v) is 8.04. The van der Waals surface area contributed by atoms with Crippen LogP contribution >= 0.6 is 0 Å². The van der Waals surface area contributed by atoms with Crippen LogP contribution in [-0.2, 0) is 27.4 Å². The van der Waals surface area contributed by atoms with Crippen molar-refractivity contribution in [3.63, 3.8) is 0 Å². The fourth-order valence-electron chi connectivity index (χ4n) is 4.93. The zero-order valence-corrected chi connectivity index (χ0v) is 16.5. The molecule has 0 radical (unpaired) electrons. The van der Waals surface area contributed by atoms with Gasteiger partial charge in [-0.05, 0) is 35.8 Å². The molecule has 3 aliphatic rings. The topological polar surface area (TPSA) is 110 Å². The summed E-state index contributed by atoms with van der Waals surface area (Å²) in [5, 5.41) is 12.2. The number of hydrogen-bond acceptors (Lipinski definition) is 6. The molecule has 152 valence electrons. The Hall–Kier alpha value is -2.77. The molecule has 0 fully saturated rings. The maximum absolute atomic E-state index is 13.3. The van der Waals surface area contributed by atoms with Gasteiger partial charge in [-0.15, -0.1) is 0 Å². The Balaban J connectivity index is 1.75. The third-order valence-electron chi connectivity index (χ3n) is 6.37. The molecule has 0 saturated carbocycles. The minimum atomic E-state index is -0.918. The smallest absolute Gasteiger partial charge is 0.255 e. The molecule has 3 aliphatic carbocycles. The third-order valence-corrected chi connectivity index (χ3v) is 6.37. The van der Waals surface area contributed by atoms with E-state index in [9.17, 15) is 19.5 Å². The van der Waals surface area contributed by atoms with E-state index in [1.165, 1.54) is 0 Å². The molecule has 3 unspecified atom stereocenters. The summed E-state index contributed by atoms with van der Waals surface area (Å²) in [4.78, 5) is 42.4. The second kappa shape index (κ2) is 7.24. The number of nitrogens with zero attached hydrogens (tertiary/aromatic N) is 1. The number of hydrogen-bond donors (Lipinski definition) is 2. The molecule has 0 aromatic heterocycles. The van der Waals surface area contributed by atoms with Crippen molar-refractivity contribution >= 4 is 17.5 Å². The number of Topliss-reactive ketones (excluding diaryl/α,β-unsaturated/α-hetero) is 2. The molecule has 0 heterocycles. The lowest BCUT2D eigenvalue weighted by atomic mass is 9.63. The van der Waals surface area contributed by atoms with E-state index in [-0.39, 0.29) is 35.4 Å². The Morgan fingerprint density at radius 2 is 2.07 bits per heavy atom. The zero-order valence-electron chi connectivity index (χ0n) is 16.5. The minimum absolute atomic E-state index is 0.0130. The van der Waals surface area contributed by atoms with Crippen molar-refractivity contribution in [2.75, 3.05) is 14.2 Å². The molecule has 0 saturated heterocycles. The van der Waals surface area contributed by atoms with Crippen molar-refractivity contribution in [3.05, 3.63) is 57.9 Å². The summed E-state index contributed by atoms with van der Waals surface area (Å²) >= 11 is 0. The highest BCUT2D eigenvalue weighted by Gasteiger charge is 2.44. The first-order valence-corrected chi connectivity index (χ1v) is 9.70. The fraction of sp³-hybridized carbons (Fsp3) is 0.409. The Kier molecular flexibility index (Phi) is 4.88. The number of rotatable bonds is 4. The third kappa shape index (κ3) is 3.20. The number of fused-ring (bicyclic) bond motifs is 3. The van der Waals surface area contributed by atoms with Crippen molar-refractivity contribution in [1.29, 1.82) is 0 Å². The molecule has 29 heavy (non-hydrogen) atoms. The van der Waals surface area contributed by atoms with Gasteiger partial charge in [-0.25, -0.2) is 0 Å². The Morgan fingerprint density at radius 3 is 2.76 bits per heavy atom. The number of carbonyl (C=O) groups excluding carboxylic acids is 3.